The van der Waals surface area contributed by atoms with Crippen LogP contribution in [0.1, 0.15) is 56.8 Å². The summed E-state index contributed by atoms with van der Waals surface area (Å²) in [5.41, 5.74) is 0.796. The Kier molecular flexibility index (Phi) is 4.66. The van der Waals surface area contributed by atoms with Gasteiger partial charge in [-0.25, -0.2) is 0 Å². The van der Waals surface area contributed by atoms with Crippen molar-refractivity contribution in [3.63, 3.8) is 0 Å². The van der Waals surface area contributed by atoms with Crippen LogP contribution in [-0.4, -0.2) is 17.9 Å². The number of benzene rings is 1. The van der Waals surface area contributed by atoms with E-state index in [2.05, 4.69) is 10.6 Å². The van der Waals surface area contributed by atoms with Gasteiger partial charge in [0.2, 0.25) is 5.91 Å². The molecule has 0 bridgehead atoms. The lowest BCUT2D eigenvalue weighted by atomic mass is 9.95. The fourth-order valence-corrected chi connectivity index (χ4v) is 2.40. The van der Waals surface area contributed by atoms with Gasteiger partial charge < -0.3 is 10.6 Å². The molecule has 1 saturated carbocycles. The molecule has 0 spiro atoms. The molecule has 1 aromatic rings. The highest BCUT2D eigenvalue weighted by Crippen LogP contribution is 2.20. The zero-order valence-electron chi connectivity index (χ0n) is 13.0. The van der Waals surface area contributed by atoms with Gasteiger partial charge in [0.15, 0.2) is 0 Å². The first-order valence-corrected chi connectivity index (χ1v) is 7.58. The summed E-state index contributed by atoms with van der Waals surface area (Å²) in [5.74, 6) is -0.121. The topological polar surface area (TPSA) is 58.2 Å². The normalized spacial score (nSPS) is 15.8. The summed E-state index contributed by atoms with van der Waals surface area (Å²) in [7, 11) is 0. The number of anilines is 1. The van der Waals surface area contributed by atoms with Crippen molar-refractivity contribution in [1.82, 2.24) is 5.32 Å². The van der Waals surface area contributed by atoms with E-state index in [1.54, 1.807) is 24.3 Å². The van der Waals surface area contributed by atoms with Gasteiger partial charge in [-0.1, -0.05) is 39.7 Å². The standard InChI is InChI=1S/C17H24N2O2/c1-17(2,3)16(21)19-14-10-6-7-12(11-14)15(20)18-13-8-4-5-9-13/h6-7,10-11,13H,4-5,8-9H2,1-3H3,(H,18,20)(H,19,21). The summed E-state index contributed by atoms with van der Waals surface area (Å²) in [4.78, 5) is 24.2. The van der Waals surface area contributed by atoms with Gasteiger partial charge in [0, 0.05) is 22.7 Å². The third-order valence-electron chi connectivity index (χ3n) is 3.75. The Bertz CT molecular complexity index is 526. The monoisotopic (exact) mass is 288 g/mol. The molecule has 0 aromatic heterocycles. The lowest BCUT2D eigenvalue weighted by molar-refractivity contribution is -0.123. The first-order valence-electron chi connectivity index (χ1n) is 7.58. The Hall–Kier alpha value is -1.84. The highest BCUT2D eigenvalue weighted by Gasteiger charge is 2.22. The number of carbonyl (C=O) groups excluding carboxylic acids is 2. The zero-order chi connectivity index (χ0) is 15.5. The summed E-state index contributed by atoms with van der Waals surface area (Å²) in [6.45, 7) is 5.58. The van der Waals surface area contributed by atoms with Crippen molar-refractivity contribution in [1.29, 1.82) is 0 Å². The van der Waals surface area contributed by atoms with Crippen molar-refractivity contribution in [2.75, 3.05) is 5.32 Å². The maximum Gasteiger partial charge on any atom is 0.251 e. The third-order valence-corrected chi connectivity index (χ3v) is 3.75. The molecule has 2 rings (SSSR count). The number of hydrogen-bond acceptors (Lipinski definition) is 2. The van der Waals surface area contributed by atoms with E-state index < -0.39 is 5.41 Å². The molecule has 114 valence electrons. The zero-order valence-corrected chi connectivity index (χ0v) is 13.0. The second-order valence-corrected chi connectivity index (χ2v) is 6.74. The van der Waals surface area contributed by atoms with E-state index in [9.17, 15) is 9.59 Å². The van der Waals surface area contributed by atoms with E-state index in [1.165, 1.54) is 12.8 Å². The average Bonchev–Trinajstić information content (AvgIpc) is 2.90. The third kappa shape index (κ3) is 4.31. The lowest BCUT2D eigenvalue weighted by Crippen LogP contribution is -2.32. The molecule has 0 unspecified atom stereocenters. The molecule has 4 heteroatoms. The van der Waals surface area contributed by atoms with Crippen LogP contribution >= 0.6 is 0 Å². The molecule has 2 N–H and O–H groups in total. The van der Waals surface area contributed by atoms with Gasteiger partial charge in [0.05, 0.1) is 0 Å². The second kappa shape index (κ2) is 6.29. The van der Waals surface area contributed by atoms with Gasteiger partial charge in [-0.2, -0.15) is 0 Å². The average molecular weight is 288 g/mol. The predicted molar refractivity (Wildman–Crippen MR) is 84.2 cm³/mol. The number of amides is 2. The van der Waals surface area contributed by atoms with Crippen LogP contribution in [0.25, 0.3) is 0 Å². The molecular weight excluding hydrogens is 264 g/mol. The van der Waals surface area contributed by atoms with Crippen LogP contribution in [0, 0.1) is 5.41 Å². The second-order valence-electron chi connectivity index (χ2n) is 6.74. The summed E-state index contributed by atoms with van der Waals surface area (Å²) in [6, 6.07) is 7.40. The van der Waals surface area contributed by atoms with E-state index in [-0.39, 0.29) is 11.8 Å². The van der Waals surface area contributed by atoms with E-state index in [0.717, 1.165) is 12.8 Å². The number of nitrogens with one attached hydrogen (secondary N) is 2. The van der Waals surface area contributed by atoms with Gasteiger partial charge in [-0.3, -0.25) is 9.59 Å². The van der Waals surface area contributed by atoms with E-state index >= 15 is 0 Å². The molecule has 0 saturated heterocycles. The van der Waals surface area contributed by atoms with Crippen LogP contribution < -0.4 is 10.6 Å². The molecule has 0 aliphatic heterocycles. The first-order chi connectivity index (χ1) is 9.86. The van der Waals surface area contributed by atoms with E-state index in [0.29, 0.717) is 17.3 Å². The van der Waals surface area contributed by atoms with Crippen LogP contribution in [0.3, 0.4) is 0 Å². The minimum atomic E-state index is -0.456. The van der Waals surface area contributed by atoms with Crippen molar-refractivity contribution < 1.29 is 9.59 Å². The van der Waals surface area contributed by atoms with Crippen LogP contribution in [0.2, 0.25) is 0 Å². The van der Waals surface area contributed by atoms with Crippen molar-refractivity contribution in [2.45, 2.75) is 52.5 Å². The summed E-state index contributed by atoms with van der Waals surface area (Å²) >= 11 is 0. The summed E-state index contributed by atoms with van der Waals surface area (Å²) < 4.78 is 0. The Morgan fingerprint density at radius 2 is 1.81 bits per heavy atom. The molecule has 0 heterocycles. The molecule has 1 aromatic carbocycles. The number of rotatable bonds is 3. The largest absolute Gasteiger partial charge is 0.349 e. The first kappa shape index (κ1) is 15.5. The molecule has 1 aliphatic rings. The molecule has 1 aliphatic carbocycles. The molecule has 2 amide bonds. The number of carbonyl (C=O) groups is 2. The summed E-state index contributed by atoms with van der Waals surface area (Å²) in [5, 5.41) is 5.91. The Morgan fingerprint density at radius 3 is 2.43 bits per heavy atom. The molecule has 0 radical (unpaired) electrons. The fraction of sp³-hybridized carbons (Fsp3) is 0.529. The minimum absolute atomic E-state index is 0.0594. The highest BCUT2D eigenvalue weighted by atomic mass is 16.2. The Labute approximate surface area is 126 Å². The maximum absolute atomic E-state index is 12.2. The SMILES string of the molecule is CC(C)(C)C(=O)Nc1cccc(C(=O)NC2CCCC2)c1. The van der Waals surface area contributed by atoms with Crippen LogP contribution in [-0.2, 0) is 4.79 Å². The molecule has 21 heavy (non-hydrogen) atoms. The Morgan fingerprint density at radius 1 is 1.14 bits per heavy atom. The van der Waals surface area contributed by atoms with Crippen LogP contribution in [0.5, 0.6) is 0 Å². The van der Waals surface area contributed by atoms with Gasteiger partial charge >= 0.3 is 0 Å². The fourth-order valence-electron chi connectivity index (χ4n) is 2.40. The van der Waals surface area contributed by atoms with Crippen molar-refractivity contribution in [3.05, 3.63) is 29.8 Å². The van der Waals surface area contributed by atoms with Crippen molar-refractivity contribution in [3.8, 4) is 0 Å². The van der Waals surface area contributed by atoms with Crippen molar-refractivity contribution in [2.24, 2.45) is 5.41 Å². The molecule has 4 nitrogen and oxygen atoms in total. The molecule has 1 fully saturated rings. The van der Waals surface area contributed by atoms with E-state index in [4.69, 9.17) is 0 Å². The lowest BCUT2D eigenvalue weighted by Gasteiger charge is -2.18. The summed E-state index contributed by atoms with van der Waals surface area (Å²) in [6.07, 6.45) is 4.50. The van der Waals surface area contributed by atoms with Crippen LogP contribution in [0.15, 0.2) is 24.3 Å². The smallest absolute Gasteiger partial charge is 0.251 e. The quantitative estimate of drug-likeness (QED) is 0.896. The van der Waals surface area contributed by atoms with Gasteiger partial charge in [0.1, 0.15) is 0 Å². The Balaban J connectivity index is 2.03. The van der Waals surface area contributed by atoms with Crippen LogP contribution in [0.4, 0.5) is 5.69 Å². The number of hydrogen-bond donors (Lipinski definition) is 2. The highest BCUT2D eigenvalue weighted by molar-refractivity contribution is 5.98. The minimum Gasteiger partial charge on any atom is -0.349 e. The molecular formula is C17H24N2O2. The predicted octanol–water partition coefficient (Wildman–Crippen LogP) is 3.34. The maximum atomic E-state index is 12.2. The molecule has 0 atom stereocenters. The van der Waals surface area contributed by atoms with Crippen molar-refractivity contribution >= 4 is 17.5 Å². The van der Waals surface area contributed by atoms with Gasteiger partial charge in [0.25, 0.3) is 5.91 Å². The van der Waals surface area contributed by atoms with E-state index in [1.807, 2.05) is 20.8 Å². The van der Waals surface area contributed by atoms with Gasteiger partial charge in [-0.05, 0) is 31.0 Å². The van der Waals surface area contributed by atoms with Gasteiger partial charge in [-0.15, -0.1) is 0 Å².